The minimum absolute atomic E-state index is 0.0100. The van der Waals surface area contributed by atoms with E-state index in [4.69, 9.17) is 42.9 Å². The first-order valence-electron chi connectivity index (χ1n) is 14.4. The number of aromatic nitrogens is 3. The average Bonchev–Trinajstić information content (AvgIpc) is 3.44. The zero-order valence-corrected chi connectivity index (χ0v) is 25.7. The molecule has 0 spiro atoms. The molecule has 2 fully saturated rings. The van der Waals surface area contributed by atoms with Crippen molar-refractivity contribution in [1.29, 1.82) is 5.26 Å². The van der Waals surface area contributed by atoms with Crippen molar-refractivity contribution >= 4 is 56.7 Å². The SMILES string of the molecule is C=C(F)C(=O)N1CCN(c2nc(OCC3CCCN3C)nc3c(Cl)c(-c4cccc5cccc(Cl)c45)cnc23)CC1CC#N. The van der Waals surface area contributed by atoms with E-state index in [1.807, 2.05) is 41.3 Å². The molecule has 2 atom stereocenters. The third-order valence-corrected chi connectivity index (χ3v) is 9.13. The first-order chi connectivity index (χ1) is 21.3. The Morgan fingerprint density at radius 2 is 1.91 bits per heavy atom. The van der Waals surface area contributed by atoms with Crippen LogP contribution in [0.1, 0.15) is 19.3 Å². The van der Waals surface area contributed by atoms with Gasteiger partial charge in [0.05, 0.1) is 23.6 Å². The number of fused-ring (bicyclic) bond motifs is 2. The summed E-state index contributed by atoms with van der Waals surface area (Å²) in [7, 11) is 2.07. The van der Waals surface area contributed by atoms with Gasteiger partial charge >= 0.3 is 6.01 Å². The Balaban J connectivity index is 1.45. The molecule has 0 bridgehead atoms. The lowest BCUT2D eigenvalue weighted by molar-refractivity contribution is -0.131. The number of nitrogens with zero attached hydrogens (tertiary/aromatic N) is 7. The number of halogens is 3. The molecular weight excluding hydrogens is 604 g/mol. The predicted octanol–water partition coefficient (Wildman–Crippen LogP) is 6.04. The lowest BCUT2D eigenvalue weighted by Gasteiger charge is -2.41. The Kier molecular flexibility index (Phi) is 8.54. The molecule has 12 heteroatoms. The van der Waals surface area contributed by atoms with Crippen molar-refractivity contribution in [3.8, 4) is 23.2 Å². The zero-order chi connectivity index (χ0) is 31.0. The number of likely N-dealkylation sites (tertiary alicyclic amines) is 1. The van der Waals surface area contributed by atoms with Crippen LogP contribution in [0.15, 0.2) is 55.0 Å². The molecule has 4 aromatic rings. The molecule has 226 valence electrons. The van der Waals surface area contributed by atoms with Crippen LogP contribution in [0.5, 0.6) is 6.01 Å². The number of pyridine rings is 1. The molecule has 2 aliphatic heterocycles. The summed E-state index contributed by atoms with van der Waals surface area (Å²) in [6.07, 6.45) is 3.80. The maximum Gasteiger partial charge on any atom is 0.319 e. The number of hydrogen-bond acceptors (Lipinski definition) is 8. The fourth-order valence-corrected chi connectivity index (χ4v) is 6.68. The summed E-state index contributed by atoms with van der Waals surface area (Å²) in [5.74, 6) is -1.42. The second-order valence-corrected chi connectivity index (χ2v) is 11.9. The number of anilines is 1. The number of rotatable bonds is 7. The van der Waals surface area contributed by atoms with Gasteiger partial charge in [0, 0.05) is 47.8 Å². The van der Waals surface area contributed by atoms with Crippen LogP contribution in [-0.2, 0) is 4.79 Å². The Bertz CT molecular complexity index is 1810. The van der Waals surface area contributed by atoms with Gasteiger partial charge in [0.15, 0.2) is 11.6 Å². The van der Waals surface area contributed by atoms with Crippen molar-refractivity contribution in [3.05, 3.63) is 65.0 Å². The standard InChI is InChI=1S/C32H30Cl2FN7O2/c1-19(35)31(43)42-15-14-41(17-21(42)11-12-36)30-29-28(38-32(39-30)44-18-22-8-5-13-40(22)2)27(34)24(16-37-29)23-9-3-6-20-7-4-10-25(33)26(20)23/h3-4,6-7,9-10,16,21-22H,1,5,8,11,13-15,17-18H2,2H3. The highest BCUT2D eigenvalue weighted by Gasteiger charge is 2.34. The Hall–Kier alpha value is -4.04. The van der Waals surface area contributed by atoms with Crippen molar-refractivity contribution in [2.75, 3.05) is 44.7 Å². The molecule has 2 aliphatic rings. The normalized spacial score (nSPS) is 19.0. The molecule has 2 aromatic heterocycles. The van der Waals surface area contributed by atoms with Crippen molar-refractivity contribution in [2.24, 2.45) is 0 Å². The Labute approximate surface area is 264 Å². The summed E-state index contributed by atoms with van der Waals surface area (Å²) in [5.41, 5.74) is 2.32. The molecule has 1 amide bonds. The third kappa shape index (κ3) is 5.63. The van der Waals surface area contributed by atoms with Gasteiger partial charge in [-0.1, -0.05) is 60.1 Å². The predicted molar refractivity (Wildman–Crippen MR) is 170 cm³/mol. The second-order valence-electron chi connectivity index (χ2n) is 11.1. The summed E-state index contributed by atoms with van der Waals surface area (Å²) in [5, 5.41) is 12.3. The maximum atomic E-state index is 13.8. The Morgan fingerprint density at radius 1 is 1.11 bits per heavy atom. The van der Waals surface area contributed by atoms with Gasteiger partial charge in [-0.2, -0.15) is 15.2 Å². The number of amides is 1. The van der Waals surface area contributed by atoms with Gasteiger partial charge in [-0.15, -0.1) is 0 Å². The first-order valence-corrected chi connectivity index (χ1v) is 15.2. The molecule has 4 heterocycles. The van der Waals surface area contributed by atoms with Crippen molar-refractivity contribution < 1.29 is 13.9 Å². The maximum absolute atomic E-state index is 13.8. The monoisotopic (exact) mass is 633 g/mol. The van der Waals surface area contributed by atoms with Crippen LogP contribution in [0.4, 0.5) is 10.2 Å². The summed E-state index contributed by atoms with van der Waals surface area (Å²) in [6.45, 7) is 5.27. The van der Waals surface area contributed by atoms with Crippen LogP contribution in [-0.4, -0.2) is 82.6 Å². The number of hydrogen-bond donors (Lipinski definition) is 0. The minimum Gasteiger partial charge on any atom is -0.462 e. The van der Waals surface area contributed by atoms with Crippen LogP contribution in [0.2, 0.25) is 10.0 Å². The number of piperazine rings is 1. The van der Waals surface area contributed by atoms with Gasteiger partial charge in [-0.05, 0) is 43.5 Å². The molecule has 0 N–H and O–H groups in total. The van der Waals surface area contributed by atoms with E-state index in [0.717, 1.165) is 35.7 Å². The average molecular weight is 635 g/mol. The second kappa shape index (κ2) is 12.5. The van der Waals surface area contributed by atoms with Gasteiger partial charge in [0.2, 0.25) is 0 Å². The van der Waals surface area contributed by atoms with E-state index in [9.17, 15) is 14.4 Å². The molecule has 2 saturated heterocycles. The van der Waals surface area contributed by atoms with E-state index in [0.29, 0.717) is 45.6 Å². The van der Waals surface area contributed by atoms with Gasteiger partial charge in [-0.3, -0.25) is 4.79 Å². The van der Waals surface area contributed by atoms with E-state index in [1.165, 1.54) is 4.90 Å². The van der Waals surface area contributed by atoms with E-state index in [2.05, 4.69) is 24.6 Å². The van der Waals surface area contributed by atoms with Crippen LogP contribution in [0, 0.1) is 11.3 Å². The summed E-state index contributed by atoms with van der Waals surface area (Å²) in [4.78, 5) is 32.3. The van der Waals surface area contributed by atoms with Crippen molar-refractivity contribution in [1.82, 2.24) is 24.8 Å². The van der Waals surface area contributed by atoms with Crippen LogP contribution in [0.3, 0.4) is 0 Å². The quantitative estimate of drug-likeness (QED) is 0.227. The lowest BCUT2D eigenvalue weighted by atomic mass is 9.99. The van der Waals surface area contributed by atoms with Crippen LogP contribution in [0.25, 0.3) is 32.9 Å². The lowest BCUT2D eigenvalue weighted by Crippen LogP contribution is -2.55. The smallest absolute Gasteiger partial charge is 0.319 e. The number of carbonyl (C=O) groups excluding carboxylic acids is 1. The molecule has 0 aliphatic carbocycles. The number of likely N-dealkylation sites (N-methyl/N-ethyl adjacent to an activating group) is 1. The largest absolute Gasteiger partial charge is 0.462 e. The highest BCUT2D eigenvalue weighted by molar-refractivity contribution is 6.40. The summed E-state index contributed by atoms with van der Waals surface area (Å²) in [6, 6.07) is 13.5. The molecule has 9 nitrogen and oxygen atoms in total. The van der Waals surface area contributed by atoms with Gasteiger partial charge < -0.3 is 19.4 Å². The Morgan fingerprint density at radius 3 is 2.64 bits per heavy atom. The zero-order valence-electron chi connectivity index (χ0n) is 24.1. The van der Waals surface area contributed by atoms with E-state index in [1.54, 1.807) is 6.20 Å². The summed E-state index contributed by atoms with van der Waals surface area (Å²) >= 11 is 13.8. The molecule has 0 radical (unpaired) electrons. The molecule has 2 aromatic carbocycles. The molecule has 6 rings (SSSR count). The van der Waals surface area contributed by atoms with E-state index in [-0.39, 0.29) is 31.6 Å². The van der Waals surface area contributed by atoms with Gasteiger partial charge in [0.25, 0.3) is 5.91 Å². The highest BCUT2D eigenvalue weighted by Crippen LogP contribution is 2.41. The minimum atomic E-state index is -1.06. The van der Waals surface area contributed by atoms with Crippen molar-refractivity contribution in [2.45, 2.75) is 31.3 Å². The summed E-state index contributed by atoms with van der Waals surface area (Å²) < 4.78 is 20.0. The van der Waals surface area contributed by atoms with E-state index < -0.39 is 17.8 Å². The number of carbonyl (C=O) groups is 1. The van der Waals surface area contributed by atoms with Gasteiger partial charge in [0.1, 0.15) is 17.6 Å². The highest BCUT2D eigenvalue weighted by atomic mass is 35.5. The first kappa shape index (κ1) is 30.0. The van der Waals surface area contributed by atoms with Crippen LogP contribution >= 0.6 is 23.2 Å². The van der Waals surface area contributed by atoms with E-state index >= 15 is 0 Å². The van der Waals surface area contributed by atoms with Gasteiger partial charge in [-0.25, -0.2) is 9.37 Å². The molecule has 44 heavy (non-hydrogen) atoms. The van der Waals surface area contributed by atoms with Crippen molar-refractivity contribution in [3.63, 3.8) is 0 Å². The molecule has 2 unspecified atom stereocenters. The van der Waals surface area contributed by atoms with Crippen LogP contribution < -0.4 is 9.64 Å². The topological polar surface area (TPSA) is 98.5 Å². The number of ether oxygens (including phenoxy) is 1. The fraction of sp³-hybridized carbons (Fsp3) is 0.344. The fourth-order valence-electron chi connectivity index (χ4n) is 6.11. The number of benzene rings is 2. The third-order valence-electron chi connectivity index (χ3n) is 8.43. The molecular formula is C32H30Cl2FN7O2. The molecule has 0 saturated carbocycles. The number of nitriles is 1.